The van der Waals surface area contributed by atoms with Gasteiger partial charge in [-0.1, -0.05) is 24.3 Å². The zero-order chi connectivity index (χ0) is 13.0. The van der Waals surface area contributed by atoms with E-state index in [1.54, 1.807) is 0 Å². The Morgan fingerprint density at radius 3 is 2.67 bits per heavy atom. The molecule has 1 saturated heterocycles. The molecule has 0 bridgehead atoms. The molecule has 18 heavy (non-hydrogen) atoms. The SMILES string of the molecule is CC1(N2Cc3ccccc3C2=N)CCS(=O)(=O)C1. The van der Waals surface area contributed by atoms with Crippen LogP contribution in [0, 0.1) is 5.41 Å². The van der Waals surface area contributed by atoms with Crippen LogP contribution in [0.2, 0.25) is 0 Å². The van der Waals surface area contributed by atoms with Crippen LogP contribution in [0.3, 0.4) is 0 Å². The second kappa shape index (κ2) is 3.57. The van der Waals surface area contributed by atoms with Crippen molar-refractivity contribution in [1.82, 2.24) is 4.90 Å². The lowest BCUT2D eigenvalue weighted by molar-refractivity contribution is 0.222. The van der Waals surface area contributed by atoms with Crippen LogP contribution in [0.5, 0.6) is 0 Å². The van der Waals surface area contributed by atoms with Crippen LogP contribution in [0.15, 0.2) is 24.3 Å². The van der Waals surface area contributed by atoms with Gasteiger partial charge in [-0.25, -0.2) is 8.42 Å². The Morgan fingerprint density at radius 1 is 1.33 bits per heavy atom. The first-order valence-electron chi connectivity index (χ1n) is 6.06. The Hall–Kier alpha value is -1.36. The van der Waals surface area contributed by atoms with Crippen LogP contribution in [0.25, 0.3) is 0 Å². The van der Waals surface area contributed by atoms with Crippen molar-refractivity contribution < 1.29 is 8.42 Å². The summed E-state index contributed by atoms with van der Waals surface area (Å²) < 4.78 is 23.4. The van der Waals surface area contributed by atoms with Gasteiger partial charge in [-0.3, -0.25) is 5.41 Å². The molecule has 1 aromatic carbocycles. The van der Waals surface area contributed by atoms with E-state index < -0.39 is 15.4 Å². The fourth-order valence-electron chi connectivity index (χ4n) is 2.95. The van der Waals surface area contributed by atoms with E-state index in [-0.39, 0.29) is 11.5 Å². The van der Waals surface area contributed by atoms with Crippen molar-refractivity contribution >= 4 is 15.7 Å². The summed E-state index contributed by atoms with van der Waals surface area (Å²) in [5.41, 5.74) is 1.63. The summed E-state index contributed by atoms with van der Waals surface area (Å²) in [5, 5.41) is 8.24. The first kappa shape index (κ1) is 11.7. The first-order chi connectivity index (χ1) is 8.41. The summed E-state index contributed by atoms with van der Waals surface area (Å²) in [6.07, 6.45) is 0.617. The van der Waals surface area contributed by atoms with Gasteiger partial charge in [0.25, 0.3) is 0 Å². The van der Waals surface area contributed by atoms with Crippen LogP contribution in [0.1, 0.15) is 24.5 Å². The highest BCUT2D eigenvalue weighted by Crippen LogP contribution is 2.35. The second-order valence-corrected chi connectivity index (χ2v) is 7.61. The van der Waals surface area contributed by atoms with Gasteiger partial charge >= 0.3 is 0 Å². The molecule has 0 aliphatic carbocycles. The lowest BCUT2D eigenvalue weighted by atomic mass is 9.99. The lowest BCUT2D eigenvalue weighted by Gasteiger charge is -2.35. The molecule has 0 spiro atoms. The van der Waals surface area contributed by atoms with E-state index in [0.29, 0.717) is 18.8 Å². The quantitative estimate of drug-likeness (QED) is 0.834. The van der Waals surface area contributed by atoms with Crippen LogP contribution in [0.4, 0.5) is 0 Å². The number of amidine groups is 1. The second-order valence-electron chi connectivity index (χ2n) is 5.43. The number of hydrogen-bond donors (Lipinski definition) is 1. The fraction of sp³-hybridized carbons (Fsp3) is 0.462. The highest BCUT2D eigenvalue weighted by atomic mass is 32.2. The molecule has 0 aromatic heterocycles. The lowest BCUT2D eigenvalue weighted by Crippen LogP contribution is -2.47. The molecule has 2 aliphatic rings. The normalized spacial score (nSPS) is 29.6. The summed E-state index contributed by atoms with van der Waals surface area (Å²) in [4.78, 5) is 1.95. The summed E-state index contributed by atoms with van der Waals surface area (Å²) in [7, 11) is -2.94. The van der Waals surface area contributed by atoms with Gasteiger partial charge in [-0.05, 0) is 18.9 Å². The van der Waals surface area contributed by atoms with Gasteiger partial charge in [0.05, 0.1) is 17.0 Å². The molecule has 96 valence electrons. The molecular weight excluding hydrogens is 248 g/mol. The van der Waals surface area contributed by atoms with E-state index in [1.807, 2.05) is 36.1 Å². The van der Waals surface area contributed by atoms with Crippen LogP contribution in [-0.4, -0.2) is 36.2 Å². The van der Waals surface area contributed by atoms with Gasteiger partial charge in [0.1, 0.15) is 5.84 Å². The molecule has 0 radical (unpaired) electrons. The molecule has 0 amide bonds. The molecule has 1 N–H and O–H groups in total. The smallest absolute Gasteiger partial charge is 0.152 e. The van der Waals surface area contributed by atoms with Gasteiger partial charge in [-0.2, -0.15) is 0 Å². The average Bonchev–Trinajstić information content (AvgIpc) is 2.79. The maximum Gasteiger partial charge on any atom is 0.152 e. The predicted molar refractivity (Wildman–Crippen MR) is 70.5 cm³/mol. The third-order valence-electron chi connectivity index (χ3n) is 4.01. The molecule has 0 saturated carbocycles. The molecule has 1 unspecified atom stereocenters. The van der Waals surface area contributed by atoms with Crippen molar-refractivity contribution in [2.24, 2.45) is 0 Å². The monoisotopic (exact) mass is 264 g/mol. The Labute approximate surface area is 107 Å². The maximum atomic E-state index is 11.7. The van der Waals surface area contributed by atoms with Crippen LogP contribution < -0.4 is 0 Å². The number of fused-ring (bicyclic) bond motifs is 1. The molecule has 1 aromatic rings. The van der Waals surface area contributed by atoms with E-state index in [2.05, 4.69) is 0 Å². The minimum absolute atomic E-state index is 0.163. The minimum Gasteiger partial charge on any atom is -0.346 e. The Bertz CT molecular complexity index is 624. The van der Waals surface area contributed by atoms with Crippen molar-refractivity contribution in [2.45, 2.75) is 25.4 Å². The van der Waals surface area contributed by atoms with Gasteiger partial charge in [0.15, 0.2) is 9.84 Å². The maximum absolute atomic E-state index is 11.7. The zero-order valence-electron chi connectivity index (χ0n) is 10.3. The molecule has 2 aliphatic heterocycles. The van der Waals surface area contributed by atoms with E-state index in [1.165, 1.54) is 0 Å². The molecular formula is C13H16N2O2S. The number of nitrogens with one attached hydrogen (secondary N) is 1. The van der Waals surface area contributed by atoms with Crippen molar-refractivity contribution in [2.75, 3.05) is 11.5 Å². The highest BCUT2D eigenvalue weighted by Gasteiger charge is 2.46. The van der Waals surface area contributed by atoms with Gasteiger partial charge in [0, 0.05) is 12.1 Å². The average molecular weight is 264 g/mol. The number of sulfone groups is 1. The molecule has 4 nitrogen and oxygen atoms in total. The zero-order valence-corrected chi connectivity index (χ0v) is 11.1. The molecule has 2 heterocycles. The highest BCUT2D eigenvalue weighted by molar-refractivity contribution is 7.91. The molecule has 1 fully saturated rings. The Morgan fingerprint density at radius 2 is 2.06 bits per heavy atom. The van der Waals surface area contributed by atoms with Crippen molar-refractivity contribution in [1.29, 1.82) is 5.41 Å². The molecule has 5 heteroatoms. The summed E-state index contributed by atoms with van der Waals surface area (Å²) in [6.45, 7) is 2.61. The topological polar surface area (TPSA) is 61.2 Å². The number of benzene rings is 1. The van der Waals surface area contributed by atoms with Crippen molar-refractivity contribution in [3.63, 3.8) is 0 Å². The minimum atomic E-state index is -2.94. The largest absolute Gasteiger partial charge is 0.346 e. The third-order valence-corrected chi connectivity index (χ3v) is 5.89. The Balaban J connectivity index is 1.96. The van der Waals surface area contributed by atoms with E-state index in [9.17, 15) is 8.42 Å². The van der Waals surface area contributed by atoms with Crippen molar-refractivity contribution in [3.05, 3.63) is 35.4 Å². The van der Waals surface area contributed by atoms with Gasteiger partial charge in [0.2, 0.25) is 0 Å². The van der Waals surface area contributed by atoms with Crippen LogP contribution >= 0.6 is 0 Å². The third kappa shape index (κ3) is 1.65. The standard InChI is InChI=1S/C13H16N2O2S/c1-13(6-7-18(16,17)9-13)15-8-10-4-2-3-5-11(10)12(15)14/h2-5,14H,6-9H2,1H3. The number of hydrogen-bond acceptors (Lipinski definition) is 3. The summed E-state index contributed by atoms with van der Waals surface area (Å²) in [5.74, 6) is 0.866. The predicted octanol–water partition coefficient (Wildman–Crippen LogP) is 1.40. The van der Waals surface area contributed by atoms with Gasteiger partial charge < -0.3 is 4.90 Å². The van der Waals surface area contributed by atoms with Crippen molar-refractivity contribution in [3.8, 4) is 0 Å². The van der Waals surface area contributed by atoms with Gasteiger partial charge in [-0.15, -0.1) is 0 Å². The fourth-order valence-corrected chi connectivity index (χ4v) is 5.09. The summed E-state index contributed by atoms with van der Waals surface area (Å²) >= 11 is 0. The first-order valence-corrected chi connectivity index (χ1v) is 7.88. The Kier molecular flexibility index (Phi) is 2.32. The van der Waals surface area contributed by atoms with E-state index in [4.69, 9.17) is 5.41 Å². The number of rotatable bonds is 1. The van der Waals surface area contributed by atoms with Crippen LogP contribution in [-0.2, 0) is 16.4 Å². The number of nitrogens with zero attached hydrogens (tertiary/aromatic N) is 1. The van der Waals surface area contributed by atoms with E-state index >= 15 is 0 Å². The summed E-state index contributed by atoms with van der Waals surface area (Å²) in [6, 6.07) is 7.83. The molecule has 3 rings (SSSR count). The molecule has 1 atom stereocenters. The van der Waals surface area contributed by atoms with E-state index in [0.717, 1.165) is 11.1 Å².